The van der Waals surface area contributed by atoms with Crippen LogP contribution in [0.2, 0.25) is 0 Å². The second kappa shape index (κ2) is 6.58. The van der Waals surface area contributed by atoms with Gasteiger partial charge in [0.2, 0.25) is 5.91 Å². The molecule has 3 rings (SSSR count). The number of nitrogens with zero attached hydrogens (tertiary/aromatic N) is 2. The Kier molecular flexibility index (Phi) is 4.55. The highest BCUT2D eigenvalue weighted by atomic mass is 32.1. The molecule has 0 aliphatic heterocycles. The summed E-state index contributed by atoms with van der Waals surface area (Å²) < 4.78 is 1.19. The molecule has 0 aliphatic rings. The SMILES string of the molecule is Cc1ccsc1CN(C)C(=O)CCc1nc2ccccc2s1. The maximum atomic E-state index is 12.3. The average Bonchev–Trinajstić information content (AvgIpc) is 3.10. The number of thiazole rings is 1. The van der Waals surface area contributed by atoms with Gasteiger partial charge in [0.05, 0.1) is 21.8 Å². The molecule has 3 aromatic rings. The molecule has 1 aromatic carbocycles. The summed E-state index contributed by atoms with van der Waals surface area (Å²) in [7, 11) is 1.87. The van der Waals surface area contributed by atoms with E-state index in [-0.39, 0.29) is 5.91 Å². The fraction of sp³-hybridized carbons (Fsp3) is 0.294. The number of amides is 1. The first-order valence-corrected chi connectivity index (χ1v) is 8.94. The summed E-state index contributed by atoms with van der Waals surface area (Å²) in [5, 5.41) is 3.11. The van der Waals surface area contributed by atoms with Crippen LogP contribution in [0.15, 0.2) is 35.7 Å². The lowest BCUT2D eigenvalue weighted by molar-refractivity contribution is -0.130. The van der Waals surface area contributed by atoms with Crippen molar-refractivity contribution in [2.75, 3.05) is 7.05 Å². The Bertz CT molecular complexity index is 758. The van der Waals surface area contributed by atoms with Crippen LogP contribution in [-0.2, 0) is 17.8 Å². The van der Waals surface area contributed by atoms with Crippen molar-refractivity contribution in [2.45, 2.75) is 26.3 Å². The van der Waals surface area contributed by atoms with Gasteiger partial charge in [-0.2, -0.15) is 0 Å². The number of thiophene rings is 1. The van der Waals surface area contributed by atoms with Crippen molar-refractivity contribution >= 4 is 38.8 Å². The zero-order valence-electron chi connectivity index (χ0n) is 12.7. The molecule has 0 spiro atoms. The maximum absolute atomic E-state index is 12.3. The first kappa shape index (κ1) is 15.2. The number of benzene rings is 1. The van der Waals surface area contributed by atoms with Gasteiger partial charge in [-0.15, -0.1) is 22.7 Å². The molecule has 0 unspecified atom stereocenters. The van der Waals surface area contributed by atoms with Crippen molar-refractivity contribution in [3.63, 3.8) is 0 Å². The Balaban J connectivity index is 1.58. The van der Waals surface area contributed by atoms with Gasteiger partial charge in [0.25, 0.3) is 0 Å². The highest BCUT2D eigenvalue weighted by Crippen LogP contribution is 2.23. The molecule has 2 aromatic heterocycles. The van der Waals surface area contributed by atoms with E-state index in [1.807, 2.05) is 30.1 Å². The van der Waals surface area contributed by atoms with Gasteiger partial charge in [0.1, 0.15) is 0 Å². The Hall–Kier alpha value is -1.72. The molecule has 114 valence electrons. The first-order chi connectivity index (χ1) is 10.6. The molecule has 5 heteroatoms. The Morgan fingerprint density at radius 1 is 1.27 bits per heavy atom. The number of carbonyl (C=O) groups excluding carboxylic acids is 1. The molecule has 2 heterocycles. The number of hydrogen-bond donors (Lipinski definition) is 0. The van der Waals surface area contributed by atoms with E-state index < -0.39 is 0 Å². The number of rotatable bonds is 5. The van der Waals surface area contributed by atoms with Crippen molar-refractivity contribution in [3.8, 4) is 0 Å². The first-order valence-electron chi connectivity index (χ1n) is 7.25. The summed E-state index contributed by atoms with van der Waals surface area (Å²) in [4.78, 5) is 19.9. The number of hydrogen-bond acceptors (Lipinski definition) is 4. The second-order valence-corrected chi connectivity index (χ2v) is 7.47. The largest absolute Gasteiger partial charge is 0.341 e. The summed E-state index contributed by atoms with van der Waals surface area (Å²) in [6.45, 7) is 2.79. The van der Waals surface area contributed by atoms with Crippen LogP contribution in [0.5, 0.6) is 0 Å². The standard InChI is InChI=1S/C17H18N2OS2/c1-12-9-10-21-15(12)11-19(2)17(20)8-7-16-18-13-5-3-4-6-14(13)22-16/h3-6,9-10H,7-8,11H2,1-2H3. The third-order valence-electron chi connectivity index (χ3n) is 3.67. The molecular formula is C17H18N2OS2. The Morgan fingerprint density at radius 3 is 2.82 bits per heavy atom. The highest BCUT2D eigenvalue weighted by Gasteiger charge is 2.13. The van der Waals surface area contributed by atoms with Crippen LogP contribution in [0.3, 0.4) is 0 Å². The predicted octanol–water partition coefficient (Wildman–Crippen LogP) is 4.26. The van der Waals surface area contributed by atoms with Gasteiger partial charge in [-0.05, 0) is 36.1 Å². The van der Waals surface area contributed by atoms with Crippen LogP contribution < -0.4 is 0 Å². The zero-order valence-corrected chi connectivity index (χ0v) is 14.3. The summed E-state index contributed by atoms with van der Waals surface area (Å²) in [5.74, 6) is 0.173. The van der Waals surface area contributed by atoms with Crippen molar-refractivity contribution in [2.24, 2.45) is 0 Å². The molecule has 3 nitrogen and oxygen atoms in total. The van der Waals surface area contributed by atoms with E-state index in [1.165, 1.54) is 15.1 Å². The Morgan fingerprint density at radius 2 is 2.09 bits per heavy atom. The van der Waals surface area contributed by atoms with E-state index in [9.17, 15) is 4.79 Å². The molecule has 0 bridgehead atoms. The molecule has 0 saturated heterocycles. The molecule has 0 N–H and O–H groups in total. The van der Waals surface area contributed by atoms with Crippen LogP contribution in [0.4, 0.5) is 0 Å². The van der Waals surface area contributed by atoms with Gasteiger partial charge in [0.15, 0.2) is 0 Å². The third kappa shape index (κ3) is 3.36. The Labute approximate surface area is 138 Å². The van der Waals surface area contributed by atoms with Crippen molar-refractivity contribution < 1.29 is 4.79 Å². The maximum Gasteiger partial charge on any atom is 0.223 e. The third-order valence-corrected chi connectivity index (χ3v) is 5.77. The second-order valence-electron chi connectivity index (χ2n) is 5.35. The van der Waals surface area contributed by atoms with Gasteiger partial charge in [0, 0.05) is 24.8 Å². The van der Waals surface area contributed by atoms with E-state index in [2.05, 4.69) is 29.4 Å². The zero-order chi connectivity index (χ0) is 15.5. The number of para-hydroxylation sites is 1. The molecule has 0 radical (unpaired) electrons. The van der Waals surface area contributed by atoms with Crippen LogP contribution in [0, 0.1) is 6.92 Å². The van der Waals surface area contributed by atoms with E-state index >= 15 is 0 Å². The molecule has 1 amide bonds. The molecule has 0 fully saturated rings. The van der Waals surface area contributed by atoms with Crippen LogP contribution in [0.1, 0.15) is 21.9 Å². The fourth-order valence-corrected chi connectivity index (χ4v) is 4.23. The number of carbonyl (C=O) groups is 1. The quantitative estimate of drug-likeness (QED) is 0.700. The summed E-state index contributed by atoms with van der Waals surface area (Å²) in [6.07, 6.45) is 1.23. The fourth-order valence-electron chi connectivity index (χ4n) is 2.30. The smallest absolute Gasteiger partial charge is 0.223 e. The molecule has 0 saturated carbocycles. The van der Waals surface area contributed by atoms with Gasteiger partial charge in [-0.3, -0.25) is 4.79 Å². The van der Waals surface area contributed by atoms with Crippen molar-refractivity contribution in [1.29, 1.82) is 0 Å². The highest BCUT2D eigenvalue weighted by molar-refractivity contribution is 7.18. The van der Waals surface area contributed by atoms with Crippen molar-refractivity contribution in [1.82, 2.24) is 9.88 Å². The van der Waals surface area contributed by atoms with Crippen LogP contribution >= 0.6 is 22.7 Å². The average molecular weight is 330 g/mol. The van der Waals surface area contributed by atoms with Gasteiger partial charge >= 0.3 is 0 Å². The summed E-state index contributed by atoms with van der Waals surface area (Å²) >= 11 is 3.39. The molecule has 22 heavy (non-hydrogen) atoms. The number of aryl methyl sites for hydroxylation is 2. The number of aromatic nitrogens is 1. The van der Waals surface area contributed by atoms with Gasteiger partial charge in [-0.1, -0.05) is 12.1 Å². The van der Waals surface area contributed by atoms with E-state index in [0.29, 0.717) is 19.4 Å². The van der Waals surface area contributed by atoms with Crippen LogP contribution in [0.25, 0.3) is 10.2 Å². The molecule has 0 aliphatic carbocycles. The minimum atomic E-state index is 0.173. The lowest BCUT2D eigenvalue weighted by atomic mass is 10.2. The van der Waals surface area contributed by atoms with Gasteiger partial charge < -0.3 is 4.90 Å². The molecular weight excluding hydrogens is 312 g/mol. The summed E-state index contributed by atoms with van der Waals surface area (Å²) in [5.41, 5.74) is 2.29. The minimum absolute atomic E-state index is 0.173. The van der Waals surface area contributed by atoms with E-state index in [0.717, 1.165) is 10.5 Å². The van der Waals surface area contributed by atoms with Crippen molar-refractivity contribution in [3.05, 3.63) is 51.2 Å². The minimum Gasteiger partial charge on any atom is -0.341 e. The topological polar surface area (TPSA) is 33.2 Å². The number of fused-ring (bicyclic) bond motifs is 1. The van der Waals surface area contributed by atoms with E-state index in [1.54, 1.807) is 22.7 Å². The van der Waals surface area contributed by atoms with Gasteiger partial charge in [-0.25, -0.2) is 4.98 Å². The monoisotopic (exact) mass is 330 g/mol. The lowest BCUT2D eigenvalue weighted by Crippen LogP contribution is -2.26. The van der Waals surface area contributed by atoms with Crippen LogP contribution in [-0.4, -0.2) is 22.8 Å². The normalized spacial score (nSPS) is 11.0. The predicted molar refractivity (Wildman–Crippen MR) is 93.5 cm³/mol. The lowest BCUT2D eigenvalue weighted by Gasteiger charge is -2.16. The van der Waals surface area contributed by atoms with E-state index in [4.69, 9.17) is 0 Å². The molecule has 0 atom stereocenters. The summed E-state index contributed by atoms with van der Waals surface area (Å²) in [6, 6.07) is 10.2.